The number of carboxylic acids is 1. The van der Waals surface area contributed by atoms with Gasteiger partial charge in [0.1, 0.15) is 6.04 Å². The van der Waals surface area contributed by atoms with Crippen LogP contribution >= 0.6 is 0 Å². The number of benzene rings is 1. The molecule has 0 amide bonds. The zero-order valence-corrected chi connectivity index (χ0v) is 10.1. The SMILES string of the molecule is CC(C)C[C@@H](C(=O)O)n1ccc2ccccc21. The monoisotopic (exact) mass is 231 g/mol. The standard InChI is InChI=1S/C14H17NO2/c1-10(2)9-13(14(16)17)15-8-7-11-5-3-4-6-12(11)15/h3-8,10,13H,9H2,1-2H3,(H,16,17)/t13-/m0/s1. The molecule has 0 radical (unpaired) electrons. The van der Waals surface area contributed by atoms with Crippen LogP contribution in [0.25, 0.3) is 10.9 Å². The molecule has 0 fully saturated rings. The summed E-state index contributed by atoms with van der Waals surface area (Å²) in [6.45, 7) is 4.09. The van der Waals surface area contributed by atoms with Crippen molar-refractivity contribution < 1.29 is 9.90 Å². The van der Waals surface area contributed by atoms with Crippen molar-refractivity contribution in [3.63, 3.8) is 0 Å². The minimum Gasteiger partial charge on any atom is -0.480 e. The Hall–Kier alpha value is -1.77. The van der Waals surface area contributed by atoms with Crippen LogP contribution in [0.2, 0.25) is 0 Å². The van der Waals surface area contributed by atoms with Crippen LogP contribution in [-0.2, 0) is 4.79 Å². The fraction of sp³-hybridized carbons (Fsp3) is 0.357. The number of aliphatic carboxylic acids is 1. The number of carbonyl (C=O) groups is 1. The number of rotatable bonds is 4. The second-order valence-electron chi connectivity index (χ2n) is 4.77. The number of hydrogen-bond donors (Lipinski definition) is 1. The van der Waals surface area contributed by atoms with Crippen LogP contribution in [0.1, 0.15) is 26.3 Å². The fourth-order valence-corrected chi connectivity index (χ4v) is 2.16. The molecule has 0 spiro atoms. The van der Waals surface area contributed by atoms with Gasteiger partial charge >= 0.3 is 5.97 Å². The van der Waals surface area contributed by atoms with E-state index in [0.29, 0.717) is 12.3 Å². The maximum Gasteiger partial charge on any atom is 0.326 e. The zero-order chi connectivity index (χ0) is 12.4. The van der Waals surface area contributed by atoms with Gasteiger partial charge in [-0.25, -0.2) is 4.79 Å². The van der Waals surface area contributed by atoms with Crippen LogP contribution in [0, 0.1) is 5.92 Å². The summed E-state index contributed by atoms with van der Waals surface area (Å²) in [5.41, 5.74) is 0.987. The van der Waals surface area contributed by atoms with Crippen molar-refractivity contribution in [1.82, 2.24) is 4.57 Å². The Morgan fingerprint density at radius 1 is 1.29 bits per heavy atom. The van der Waals surface area contributed by atoms with Crippen LogP contribution < -0.4 is 0 Å². The van der Waals surface area contributed by atoms with Crippen LogP contribution in [0.15, 0.2) is 36.5 Å². The van der Waals surface area contributed by atoms with Crippen LogP contribution in [0.4, 0.5) is 0 Å². The summed E-state index contributed by atoms with van der Waals surface area (Å²) in [5, 5.41) is 10.4. The third-order valence-electron chi connectivity index (χ3n) is 2.95. The van der Waals surface area contributed by atoms with Crippen molar-refractivity contribution in [2.24, 2.45) is 5.92 Å². The van der Waals surface area contributed by atoms with Crippen molar-refractivity contribution in [1.29, 1.82) is 0 Å². The highest BCUT2D eigenvalue weighted by atomic mass is 16.4. The van der Waals surface area contributed by atoms with E-state index in [0.717, 1.165) is 10.9 Å². The number of carboxylic acid groups (broad SMARTS) is 1. The van der Waals surface area contributed by atoms with Gasteiger partial charge in [0.2, 0.25) is 0 Å². The Balaban J connectivity index is 2.45. The smallest absolute Gasteiger partial charge is 0.326 e. The quantitative estimate of drug-likeness (QED) is 0.877. The van der Waals surface area contributed by atoms with Crippen LogP contribution in [0.5, 0.6) is 0 Å². The highest BCUT2D eigenvalue weighted by Gasteiger charge is 2.21. The summed E-state index contributed by atoms with van der Waals surface area (Å²) in [4.78, 5) is 11.4. The molecule has 17 heavy (non-hydrogen) atoms. The Bertz CT molecular complexity index is 528. The lowest BCUT2D eigenvalue weighted by atomic mass is 10.0. The highest BCUT2D eigenvalue weighted by molar-refractivity contribution is 5.83. The first-order valence-electron chi connectivity index (χ1n) is 5.88. The van der Waals surface area contributed by atoms with Crippen LogP contribution in [-0.4, -0.2) is 15.6 Å². The third-order valence-corrected chi connectivity index (χ3v) is 2.95. The van der Waals surface area contributed by atoms with E-state index in [-0.39, 0.29) is 0 Å². The normalized spacial score (nSPS) is 13.1. The summed E-state index contributed by atoms with van der Waals surface area (Å²) in [6.07, 6.45) is 2.51. The number of nitrogens with zero attached hydrogens (tertiary/aromatic N) is 1. The lowest BCUT2D eigenvalue weighted by molar-refractivity contribution is -0.141. The first-order chi connectivity index (χ1) is 8.09. The molecule has 90 valence electrons. The molecule has 0 saturated carbocycles. The molecule has 0 aliphatic carbocycles. The first-order valence-corrected chi connectivity index (χ1v) is 5.88. The largest absolute Gasteiger partial charge is 0.480 e. The summed E-state index contributed by atoms with van der Waals surface area (Å²) in [6, 6.07) is 9.35. The average Bonchev–Trinajstić information content (AvgIpc) is 2.69. The van der Waals surface area contributed by atoms with Gasteiger partial charge in [-0.2, -0.15) is 0 Å². The minimum absolute atomic E-state index is 0.359. The van der Waals surface area contributed by atoms with Crippen molar-refractivity contribution in [2.45, 2.75) is 26.3 Å². The predicted octanol–water partition coefficient (Wildman–Crippen LogP) is 3.31. The van der Waals surface area contributed by atoms with Gasteiger partial charge in [-0.1, -0.05) is 32.0 Å². The third kappa shape index (κ3) is 2.33. The molecule has 0 aliphatic rings. The van der Waals surface area contributed by atoms with E-state index in [9.17, 15) is 9.90 Å². The predicted molar refractivity (Wildman–Crippen MR) is 68.1 cm³/mol. The number of hydrogen-bond acceptors (Lipinski definition) is 1. The van der Waals surface area contributed by atoms with E-state index in [1.807, 2.05) is 54.9 Å². The number of fused-ring (bicyclic) bond motifs is 1. The Morgan fingerprint density at radius 2 is 2.00 bits per heavy atom. The molecule has 2 aromatic rings. The lowest BCUT2D eigenvalue weighted by Crippen LogP contribution is -2.20. The summed E-state index contributed by atoms with van der Waals surface area (Å²) in [7, 11) is 0. The molecule has 2 rings (SSSR count). The van der Waals surface area contributed by atoms with Crippen molar-refractivity contribution in [2.75, 3.05) is 0 Å². The van der Waals surface area contributed by atoms with Gasteiger partial charge in [0.05, 0.1) is 0 Å². The van der Waals surface area contributed by atoms with E-state index in [1.54, 1.807) is 0 Å². The zero-order valence-electron chi connectivity index (χ0n) is 10.1. The van der Waals surface area contributed by atoms with E-state index < -0.39 is 12.0 Å². The molecule has 3 nitrogen and oxygen atoms in total. The van der Waals surface area contributed by atoms with Gasteiger partial charge < -0.3 is 9.67 Å². The summed E-state index contributed by atoms with van der Waals surface area (Å²) in [5.74, 6) is -0.405. The number of aromatic nitrogens is 1. The van der Waals surface area contributed by atoms with Crippen molar-refractivity contribution in [3.05, 3.63) is 36.5 Å². The molecule has 0 aliphatic heterocycles. The molecule has 0 saturated heterocycles. The molecule has 1 heterocycles. The topological polar surface area (TPSA) is 42.2 Å². The maximum atomic E-state index is 11.4. The van der Waals surface area contributed by atoms with E-state index in [4.69, 9.17) is 0 Å². The lowest BCUT2D eigenvalue weighted by Gasteiger charge is -2.17. The van der Waals surface area contributed by atoms with E-state index >= 15 is 0 Å². The fourth-order valence-electron chi connectivity index (χ4n) is 2.16. The molecule has 1 atom stereocenters. The average molecular weight is 231 g/mol. The molecule has 1 aromatic heterocycles. The Morgan fingerprint density at radius 3 is 2.65 bits per heavy atom. The van der Waals surface area contributed by atoms with Gasteiger partial charge in [0.15, 0.2) is 0 Å². The Kier molecular flexibility index (Phi) is 3.18. The van der Waals surface area contributed by atoms with Gasteiger partial charge in [-0.15, -0.1) is 0 Å². The van der Waals surface area contributed by atoms with Crippen molar-refractivity contribution >= 4 is 16.9 Å². The molecule has 3 heteroatoms. The molecule has 0 unspecified atom stereocenters. The molecule has 1 aromatic carbocycles. The molecule has 0 bridgehead atoms. The molecular formula is C14H17NO2. The summed E-state index contributed by atoms with van der Waals surface area (Å²) >= 11 is 0. The van der Waals surface area contributed by atoms with E-state index in [2.05, 4.69) is 0 Å². The second-order valence-corrected chi connectivity index (χ2v) is 4.77. The van der Waals surface area contributed by atoms with Gasteiger partial charge in [-0.3, -0.25) is 0 Å². The van der Waals surface area contributed by atoms with E-state index in [1.165, 1.54) is 0 Å². The Labute approximate surface area is 101 Å². The van der Waals surface area contributed by atoms with Gasteiger partial charge in [0, 0.05) is 11.7 Å². The molecular weight excluding hydrogens is 214 g/mol. The van der Waals surface area contributed by atoms with Gasteiger partial charge in [0.25, 0.3) is 0 Å². The molecule has 1 N–H and O–H groups in total. The first kappa shape index (κ1) is 11.7. The van der Waals surface area contributed by atoms with Crippen LogP contribution in [0.3, 0.4) is 0 Å². The number of para-hydroxylation sites is 1. The maximum absolute atomic E-state index is 11.4. The van der Waals surface area contributed by atoms with Gasteiger partial charge in [-0.05, 0) is 29.9 Å². The second kappa shape index (κ2) is 4.62. The minimum atomic E-state index is -0.764. The highest BCUT2D eigenvalue weighted by Crippen LogP contribution is 2.24. The summed E-state index contributed by atoms with van der Waals surface area (Å²) < 4.78 is 1.86. The van der Waals surface area contributed by atoms with Crippen molar-refractivity contribution in [3.8, 4) is 0 Å².